The Labute approximate surface area is 128 Å². The summed E-state index contributed by atoms with van der Waals surface area (Å²) in [5, 5.41) is 12.8. The van der Waals surface area contributed by atoms with Crippen molar-refractivity contribution in [2.75, 3.05) is 33.7 Å². The van der Waals surface area contributed by atoms with Crippen LogP contribution in [-0.2, 0) is 4.79 Å². The lowest BCUT2D eigenvalue weighted by Gasteiger charge is -2.35. The zero-order valence-corrected chi connectivity index (χ0v) is 13.8. The molecular weight excluding hydrogens is 266 g/mol. The molecule has 5 heteroatoms. The first-order valence-corrected chi connectivity index (χ1v) is 8.30. The summed E-state index contributed by atoms with van der Waals surface area (Å²) in [5.74, 6) is -0.708. The average Bonchev–Trinajstić information content (AvgIpc) is 3.23. The fourth-order valence-electron chi connectivity index (χ4n) is 3.23. The Kier molecular flexibility index (Phi) is 5.63. The molecule has 1 aliphatic heterocycles. The van der Waals surface area contributed by atoms with E-state index < -0.39 is 11.5 Å². The van der Waals surface area contributed by atoms with Crippen molar-refractivity contribution in [3.8, 4) is 0 Å². The molecule has 1 aliphatic carbocycles. The number of rotatable bonds is 8. The van der Waals surface area contributed by atoms with Gasteiger partial charge in [-0.3, -0.25) is 10.1 Å². The molecule has 1 atom stereocenters. The van der Waals surface area contributed by atoms with E-state index in [9.17, 15) is 9.90 Å². The lowest BCUT2D eigenvalue weighted by Crippen LogP contribution is -2.51. The number of hydrogen-bond donors (Lipinski definition) is 2. The van der Waals surface area contributed by atoms with Crippen LogP contribution in [-0.4, -0.2) is 72.2 Å². The molecule has 1 unspecified atom stereocenters. The van der Waals surface area contributed by atoms with Crippen LogP contribution in [0.2, 0.25) is 0 Å². The van der Waals surface area contributed by atoms with Crippen LogP contribution in [0.25, 0.3) is 0 Å². The van der Waals surface area contributed by atoms with E-state index in [1.54, 1.807) is 0 Å². The van der Waals surface area contributed by atoms with Gasteiger partial charge in [0.05, 0.1) is 0 Å². The van der Waals surface area contributed by atoms with Crippen LogP contribution in [0.3, 0.4) is 0 Å². The van der Waals surface area contributed by atoms with Gasteiger partial charge < -0.3 is 14.9 Å². The third-order valence-electron chi connectivity index (χ3n) is 5.01. The Morgan fingerprint density at radius 1 is 1.29 bits per heavy atom. The van der Waals surface area contributed by atoms with Gasteiger partial charge in [-0.2, -0.15) is 0 Å². The van der Waals surface area contributed by atoms with Gasteiger partial charge in [-0.25, -0.2) is 0 Å². The van der Waals surface area contributed by atoms with Crippen LogP contribution in [0.5, 0.6) is 0 Å². The molecule has 122 valence electrons. The molecular formula is C16H31N3O2. The second-order valence-electron chi connectivity index (χ2n) is 7.20. The van der Waals surface area contributed by atoms with Crippen LogP contribution in [0.1, 0.15) is 45.4 Å². The standard InChI is InChI=1S/C16H31N3O2/c1-16(15(20)21,17-13-5-6-13)9-4-10-19-11-7-14(8-12-19)18(2)3/h13-14,17H,4-12H2,1-3H3,(H,20,21). The highest BCUT2D eigenvalue weighted by Crippen LogP contribution is 2.25. The van der Waals surface area contributed by atoms with Gasteiger partial charge in [-0.1, -0.05) is 0 Å². The van der Waals surface area contributed by atoms with Crippen LogP contribution in [0, 0.1) is 0 Å². The van der Waals surface area contributed by atoms with E-state index in [1.807, 2.05) is 6.92 Å². The predicted molar refractivity (Wildman–Crippen MR) is 84.6 cm³/mol. The van der Waals surface area contributed by atoms with Crippen molar-refractivity contribution < 1.29 is 9.90 Å². The highest BCUT2D eigenvalue weighted by atomic mass is 16.4. The molecule has 0 radical (unpaired) electrons. The Bertz CT molecular complexity index is 349. The zero-order valence-electron chi connectivity index (χ0n) is 13.8. The molecule has 21 heavy (non-hydrogen) atoms. The molecule has 1 heterocycles. The number of carboxylic acids is 1. The highest BCUT2D eigenvalue weighted by Gasteiger charge is 2.38. The van der Waals surface area contributed by atoms with Crippen LogP contribution in [0.4, 0.5) is 0 Å². The van der Waals surface area contributed by atoms with E-state index in [4.69, 9.17) is 0 Å². The van der Waals surface area contributed by atoms with E-state index in [-0.39, 0.29) is 0 Å². The largest absolute Gasteiger partial charge is 0.480 e. The van der Waals surface area contributed by atoms with Crippen molar-refractivity contribution in [3.63, 3.8) is 0 Å². The first kappa shape index (κ1) is 16.7. The number of piperidine rings is 1. The Morgan fingerprint density at radius 2 is 1.90 bits per heavy atom. The van der Waals surface area contributed by atoms with Crippen LogP contribution >= 0.6 is 0 Å². The number of carbonyl (C=O) groups is 1. The summed E-state index contributed by atoms with van der Waals surface area (Å²) in [5.41, 5.74) is -0.747. The van der Waals surface area contributed by atoms with Gasteiger partial charge in [0.15, 0.2) is 0 Å². The molecule has 2 fully saturated rings. The normalized spacial score (nSPS) is 24.2. The predicted octanol–water partition coefficient (Wildman–Crippen LogP) is 1.39. The number of hydrogen-bond acceptors (Lipinski definition) is 4. The molecule has 2 aliphatic rings. The molecule has 0 aromatic rings. The minimum absolute atomic E-state index is 0.432. The van der Waals surface area contributed by atoms with Crippen LogP contribution in [0.15, 0.2) is 0 Å². The molecule has 0 bridgehead atoms. The summed E-state index contributed by atoms with van der Waals surface area (Å²) in [6.45, 7) is 5.15. The summed E-state index contributed by atoms with van der Waals surface area (Å²) in [4.78, 5) is 16.3. The van der Waals surface area contributed by atoms with E-state index in [2.05, 4.69) is 29.2 Å². The lowest BCUT2D eigenvalue weighted by atomic mass is 9.95. The van der Waals surface area contributed by atoms with Gasteiger partial charge in [-0.05, 0) is 79.2 Å². The minimum atomic E-state index is -0.747. The number of nitrogens with one attached hydrogen (secondary N) is 1. The fourth-order valence-corrected chi connectivity index (χ4v) is 3.23. The maximum Gasteiger partial charge on any atom is 0.323 e. The van der Waals surface area contributed by atoms with Gasteiger partial charge in [0, 0.05) is 12.1 Å². The van der Waals surface area contributed by atoms with E-state index in [0.717, 1.165) is 38.9 Å². The quantitative estimate of drug-likeness (QED) is 0.709. The molecule has 0 aromatic carbocycles. The zero-order chi connectivity index (χ0) is 15.5. The second-order valence-corrected chi connectivity index (χ2v) is 7.20. The minimum Gasteiger partial charge on any atom is -0.480 e. The summed E-state index contributed by atoms with van der Waals surface area (Å²) >= 11 is 0. The summed E-state index contributed by atoms with van der Waals surface area (Å²) in [7, 11) is 4.31. The Hall–Kier alpha value is -0.650. The molecule has 1 saturated heterocycles. The number of carboxylic acid groups (broad SMARTS) is 1. The molecule has 2 rings (SSSR count). The molecule has 2 N–H and O–H groups in total. The molecule has 0 spiro atoms. The first-order chi connectivity index (χ1) is 9.90. The molecule has 1 saturated carbocycles. The molecule has 0 aromatic heterocycles. The van der Waals surface area contributed by atoms with Crippen molar-refractivity contribution in [2.45, 2.75) is 63.1 Å². The summed E-state index contributed by atoms with van der Waals surface area (Å²) in [6.07, 6.45) is 6.37. The number of aliphatic carboxylic acids is 1. The van der Waals surface area contributed by atoms with Crippen molar-refractivity contribution in [1.82, 2.24) is 15.1 Å². The third-order valence-corrected chi connectivity index (χ3v) is 5.01. The fraction of sp³-hybridized carbons (Fsp3) is 0.938. The van der Waals surface area contributed by atoms with Crippen LogP contribution < -0.4 is 5.32 Å². The smallest absolute Gasteiger partial charge is 0.323 e. The van der Waals surface area contributed by atoms with Crippen molar-refractivity contribution in [1.29, 1.82) is 0 Å². The van der Waals surface area contributed by atoms with Crippen molar-refractivity contribution in [2.24, 2.45) is 0 Å². The maximum atomic E-state index is 11.5. The van der Waals surface area contributed by atoms with Gasteiger partial charge in [0.25, 0.3) is 0 Å². The number of likely N-dealkylation sites (tertiary alicyclic amines) is 1. The Morgan fingerprint density at radius 3 is 2.38 bits per heavy atom. The third kappa shape index (κ3) is 4.94. The second kappa shape index (κ2) is 7.07. The van der Waals surface area contributed by atoms with Gasteiger partial charge in [0.2, 0.25) is 0 Å². The monoisotopic (exact) mass is 297 g/mol. The summed E-state index contributed by atoms with van der Waals surface area (Å²) in [6, 6.07) is 1.14. The first-order valence-electron chi connectivity index (χ1n) is 8.30. The maximum absolute atomic E-state index is 11.5. The average molecular weight is 297 g/mol. The highest BCUT2D eigenvalue weighted by molar-refractivity contribution is 5.78. The van der Waals surface area contributed by atoms with E-state index >= 15 is 0 Å². The van der Waals surface area contributed by atoms with E-state index in [1.165, 1.54) is 12.8 Å². The molecule has 0 amide bonds. The van der Waals surface area contributed by atoms with Gasteiger partial charge in [-0.15, -0.1) is 0 Å². The van der Waals surface area contributed by atoms with Crippen molar-refractivity contribution >= 4 is 5.97 Å². The number of nitrogens with zero attached hydrogens (tertiary/aromatic N) is 2. The van der Waals surface area contributed by atoms with Crippen molar-refractivity contribution in [3.05, 3.63) is 0 Å². The topological polar surface area (TPSA) is 55.8 Å². The lowest BCUT2D eigenvalue weighted by molar-refractivity contribution is -0.144. The molecule has 5 nitrogen and oxygen atoms in total. The summed E-state index contributed by atoms with van der Waals surface area (Å²) < 4.78 is 0. The Balaban J connectivity index is 1.69. The van der Waals surface area contributed by atoms with E-state index in [0.29, 0.717) is 18.5 Å². The SMILES string of the molecule is CN(C)C1CCN(CCCC(C)(NC2CC2)C(=O)O)CC1. The van der Waals surface area contributed by atoms with Gasteiger partial charge in [0.1, 0.15) is 5.54 Å². The van der Waals surface area contributed by atoms with Gasteiger partial charge >= 0.3 is 5.97 Å².